The maximum absolute atomic E-state index is 5.92. The van der Waals surface area contributed by atoms with Gasteiger partial charge in [-0.25, -0.2) is 0 Å². The molecule has 76 valence electrons. The average Bonchev–Trinajstić information content (AvgIpc) is 2.23. The second-order valence-electron chi connectivity index (χ2n) is 3.89. The fourth-order valence-electron chi connectivity index (χ4n) is 2.01. The van der Waals surface area contributed by atoms with Gasteiger partial charge in [0.15, 0.2) is 0 Å². The van der Waals surface area contributed by atoms with Crippen LogP contribution in [0.3, 0.4) is 0 Å². The number of nitrogen functional groups attached to an aromatic ring is 2. The largest absolute Gasteiger partial charge is 0.399 e. The van der Waals surface area contributed by atoms with Gasteiger partial charge in [0.1, 0.15) is 0 Å². The summed E-state index contributed by atoms with van der Waals surface area (Å²) in [6.45, 7) is 1.08. The minimum absolute atomic E-state index is 0.396. The molecule has 0 radical (unpaired) electrons. The Kier molecular flexibility index (Phi) is 2.59. The molecule has 0 amide bonds. The predicted octanol–water partition coefficient (Wildman–Crippen LogP) is 1.67. The zero-order chi connectivity index (χ0) is 9.97. The number of piperidine rings is 1. The Morgan fingerprint density at radius 2 is 2.07 bits per heavy atom. The first kappa shape index (κ1) is 9.34. The summed E-state index contributed by atoms with van der Waals surface area (Å²) >= 11 is 0. The fraction of sp³-hybridized carbons (Fsp3) is 0.455. The monoisotopic (exact) mass is 191 g/mol. The van der Waals surface area contributed by atoms with Gasteiger partial charge in [0.2, 0.25) is 0 Å². The van der Waals surface area contributed by atoms with E-state index in [1.165, 1.54) is 12.8 Å². The molecule has 1 atom stereocenters. The molecule has 5 N–H and O–H groups in total. The Hall–Kier alpha value is -1.22. The molecule has 0 aliphatic carbocycles. The van der Waals surface area contributed by atoms with Crippen LogP contribution in [0.4, 0.5) is 11.4 Å². The highest BCUT2D eigenvalue weighted by Gasteiger charge is 2.16. The standard InChI is InChI=1S/C11H17N3/c12-8-4-5-10(13)9(7-8)11-3-1-2-6-14-11/h4-5,7,11,14H,1-3,6,12-13H2. The van der Waals surface area contributed by atoms with Crippen LogP contribution in [0, 0.1) is 0 Å². The first-order valence-corrected chi connectivity index (χ1v) is 5.15. The van der Waals surface area contributed by atoms with Gasteiger partial charge in [-0.05, 0) is 43.1 Å². The Morgan fingerprint density at radius 1 is 1.21 bits per heavy atom. The van der Waals surface area contributed by atoms with E-state index in [-0.39, 0.29) is 0 Å². The first-order chi connectivity index (χ1) is 6.77. The van der Waals surface area contributed by atoms with Gasteiger partial charge in [0, 0.05) is 17.4 Å². The van der Waals surface area contributed by atoms with Gasteiger partial charge in [-0.1, -0.05) is 6.42 Å². The normalized spacial score (nSPS) is 22.1. The third kappa shape index (κ3) is 1.82. The molecule has 3 nitrogen and oxygen atoms in total. The van der Waals surface area contributed by atoms with Crippen LogP contribution in [0.25, 0.3) is 0 Å². The van der Waals surface area contributed by atoms with E-state index in [0.717, 1.165) is 29.9 Å². The number of anilines is 2. The van der Waals surface area contributed by atoms with Crippen molar-refractivity contribution in [3.63, 3.8) is 0 Å². The predicted molar refractivity (Wildman–Crippen MR) is 59.9 cm³/mol. The van der Waals surface area contributed by atoms with Crippen LogP contribution >= 0.6 is 0 Å². The van der Waals surface area contributed by atoms with Crippen molar-refractivity contribution in [3.8, 4) is 0 Å². The SMILES string of the molecule is Nc1ccc(N)c(C2CCCCN2)c1. The highest BCUT2D eigenvalue weighted by atomic mass is 14.9. The molecule has 1 aliphatic heterocycles. The summed E-state index contributed by atoms with van der Waals surface area (Å²) < 4.78 is 0. The quantitative estimate of drug-likeness (QED) is 0.592. The third-order valence-electron chi connectivity index (χ3n) is 2.80. The van der Waals surface area contributed by atoms with Gasteiger partial charge in [-0.2, -0.15) is 0 Å². The molecule has 0 saturated carbocycles. The Bertz CT molecular complexity index is 316. The van der Waals surface area contributed by atoms with Gasteiger partial charge in [-0.15, -0.1) is 0 Å². The highest BCUT2D eigenvalue weighted by molar-refractivity contribution is 5.56. The number of hydrogen-bond acceptors (Lipinski definition) is 3. The summed E-state index contributed by atoms with van der Waals surface area (Å²) in [6.07, 6.45) is 3.69. The van der Waals surface area contributed by atoms with Crippen molar-refractivity contribution < 1.29 is 0 Å². The summed E-state index contributed by atoms with van der Waals surface area (Å²) in [5, 5.41) is 3.47. The molecular weight excluding hydrogens is 174 g/mol. The Morgan fingerprint density at radius 3 is 2.79 bits per heavy atom. The molecule has 1 unspecified atom stereocenters. The lowest BCUT2D eigenvalue weighted by atomic mass is 9.96. The van der Waals surface area contributed by atoms with Crippen molar-refractivity contribution in [3.05, 3.63) is 23.8 Å². The zero-order valence-corrected chi connectivity index (χ0v) is 8.29. The summed E-state index contributed by atoms with van der Waals surface area (Å²) in [7, 11) is 0. The Labute approximate surface area is 84.5 Å². The molecule has 1 aromatic rings. The van der Waals surface area contributed by atoms with Gasteiger partial charge in [0.05, 0.1) is 0 Å². The van der Waals surface area contributed by atoms with E-state index in [2.05, 4.69) is 5.32 Å². The summed E-state index contributed by atoms with van der Waals surface area (Å²) in [5.41, 5.74) is 14.5. The van der Waals surface area contributed by atoms with Gasteiger partial charge in [-0.3, -0.25) is 0 Å². The van der Waals surface area contributed by atoms with Crippen molar-refractivity contribution in [2.45, 2.75) is 25.3 Å². The van der Waals surface area contributed by atoms with Crippen LogP contribution in [0.2, 0.25) is 0 Å². The number of rotatable bonds is 1. The number of hydrogen-bond donors (Lipinski definition) is 3. The second-order valence-corrected chi connectivity index (χ2v) is 3.89. The minimum atomic E-state index is 0.396. The molecule has 14 heavy (non-hydrogen) atoms. The molecular formula is C11H17N3. The van der Waals surface area contributed by atoms with E-state index in [0.29, 0.717) is 6.04 Å². The van der Waals surface area contributed by atoms with Crippen molar-refractivity contribution in [1.82, 2.24) is 5.32 Å². The molecule has 0 aromatic heterocycles. The van der Waals surface area contributed by atoms with E-state index in [1.807, 2.05) is 18.2 Å². The first-order valence-electron chi connectivity index (χ1n) is 5.15. The lowest BCUT2D eigenvalue weighted by molar-refractivity contribution is 0.413. The van der Waals surface area contributed by atoms with Crippen molar-refractivity contribution in [1.29, 1.82) is 0 Å². The van der Waals surface area contributed by atoms with E-state index < -0.39 is 0 Å². The van der Waals surface area contributed by atoms with Crippen LogP contribution in [0.15, 0.2) is 18.2 Å². The van der Waals surface area contributed by atoms with Gasteiger partial charge in [0.25, 0.3) is 0 Å². The molecule has 1 fully saturated rings. The van der Waals surface area contributed by atoms with E-state index >= 15 is 0 Å². The lowest BCUT2D eigenvalue weighted by Gasteiger charge is -2.25. The third-order valence-corrected chi connectivity index (χ3v) is 2.80. The van der Waals surface area contributed by atoms with E-state index in [1.54, 1.807) is 0 Å². The lowest BCUT2D eigenvalue weighted by Crippen LogP contribution is -2.27. The molecule has 3 heteroatoms. The number of nitrogens with two attached hydrogens (primary N) is 2. The maximum Gasteiger partial charge on any atom is 0.0364 e. The zero-order valence-electron chi connectivity index (χ0n) is 8.29. The van der Waals surface area contributed by atoms with E-state index in [9.17, 15) is 0 Å². The molecule has 0 spiro atoms. The minimum Gasteiger partial charge on any atom is -0.399 e. The van der Waals surface area contributed by atoms with Crippen molar-refractivity contribution in [2.24, 2.45) is 0 Å². The molecule has 1 aliphatic rings. The molecule has 1 aromatic carbocycles. The van der Waals surface area contributed by atoms with Crippen LogP contribution in [0.1, 0.15) is 30.9 Å². The molecule has 2 rings (SSSR count). The maximum atomic E-state index is 5.92. The van der Waals surface area contributed by atoms with Crippen molar-refractivity contribution in [2.75, 3.05) is 18.0 Å². The second kappa shape index (κ2) is 3.88. The molecule has 1 saturated heterocycles. The summed E-state index contributed by atoms with van der Waals surface area (Å²) in [6, 6.07) is 6.12. The van der Waals surface area contributed by atoms with Crippen molar-refractivity contribution >= 4 is 11.4 Å². The number of benzene rings is 1. The van der Waals surface area contributed by atoms with Gasteiger partial charge < -0.3 is 16.8 Å². The highest BCUT2D eigenvalue weighted by Crippen LogP contribution is 2.28. The topological polar surface area (TPSA) is 64.1 Å². The van der Waals surface area contributed by atoms with Crippen LogP contribution in [-0.4, -0.2) is 6.54 Å². The molecule has 0 bridgehead atoms. The smallest absolute Gasteiger partial charge is 0.0364 e. The number of nitrogens with one attached hydrogen (secondary N) is 1. The summed E-state index contributed by atoms with van der Waals surface area (Å²) in [4.78, 5) is 0. The van der Waals surface area contributed by atoms with Gasteiger partial charge >= 0.3 is 0 Å². The fourth-order valence-corrected chi connectivity index (χ4v) is 2.01. The molecule has 1 heterocycles. The van der Waals surface area contributed by atoms with Crippen LogP contribution in [-0.2, 0) is 0 Å². The average molecular weight is 191 g/mol. The van der Waals surface area contributed by atoms with Crippen LogP contribution < -0.4 is 16.8 Å². The van der Waals surface area contributed by atoms with Crippen LogP contribution in [0.5, 0.6) is 0 Å². The summed E-state index contributed by atoms with van der Waals surface area (Å²) in [5.74, 6) is 0. The Balaban J connectivity index is 2.24. The van der Waals surface area contributed by atoms with E-state index in [4.69, 9.17) is 11.5 Å².